The molecule has 90 valence electrons. The van der Waals surface area contributed by atoms with Crippen molar-refractivity contribution in [3.05, 3.63) is 0 Å². The maximum absolute atomic E-state index is 12.0. The topological polar surface area (TPSA) is 60.8 Å². The van der Waals surface area contributed by atoms with Crippen LogP contribution in [0.2, 0.25) is 0 Å². The molecule has 0 aromatic heterocycles. The number of aliphatic hydroxyl groups is 1. The van der Waals surface area contributed by atoms with Crippen LogP contribution in [0, 0.1) is 0 Å². The van der Waals surface area contributed by atoms with E-state index < -0.39 is 31.3 Å². The third-order valence-corrected chi connectivity index (χ3v) is 1.62. The van der Waals surface area contributed by atoms with E-state index in [0.717, 1.165) is 4.90 Å². The van der Waals surface area contributed by atoms with Crippen molar-refractivity contribution in [2.45, 2.75) is 25.6 Å². The summed E-state index contributed by atoms with van der Waals surface area (Å²) in [7, 11) is 0. The van der Waals surface area contributed by atoms with Gasteiger partial charge in [-0.25, -0.2) is 0 Å². The first-order chi connectivity index (χ1) is 6.70. The van der Waals surface area contributed by atoms with Crippen LogP contribution in [-0.2, 0) is 4.79 Å². The summed E-state index contributed by atoms with van der Waals surface area (Å²) >= 11 is 0. The molecule has 2 N–H and O–H groups in total. The molecule has 1 atom stereocenters. The van der Waals surface area contributed by atoms with Crippen molar-refractivity contribution >= 4 is 5.97 Å². The van der Waals surface area contributed by atoms with E-state index in [-0.39, 0.29) is 13.0 Å². The lowest BCUT2D eigenvalue weighted by molar-refractivity contribution is -0.154. The van der Waals surface area contributed by atoms with Crippen LogP contribution in [0.3, 0.4) is 0 Å². The number of aliphatic hydroxyl groups excluding tert-OH is 1. The Bertz CT molecular complexity index is 206. The summed E-state index contributed by atoms with van der Waals surface area (Å²) < 4.78 is 36.0. The number of hydrogen-bond donors (Lipinski definition) is 2. The van der Waals surface area contributed by atoms with Crippen LogP contribution in [0.5, 0.6) is 0 Å². The molecule has 1 unspecified atom stereocenters. The van der Waals surface area contributed by atoms with E-state index in [1.807, 2.05) is 0 Å². The van der Waals surface area contributed by atoms with Gasteiger partial charge in [-0.1, -0.05) is 0 Å². The molecule has 4 nitrogen and oxygen atoms in total. The maximum atomic E-state index is 12.0. The average molecular weight is 229 g/mol. The largest absolute Gasteiger partial charge is 0.480 e. The summed E-state index contributed by atoms with van der Waals surface area (Å²) in [6, 6.07) is 0. The standard InChI is InChI=1S/C8H14F3NO3/c1-6(13)2-3-12(4-7(14)15)5-8(9,10)11/h6,13H,2-5H2,1H3,(H,14,15). The van der Waals surface area contributed by atoms with E-state index in [0.29, 0.717) is 0 Å². The Morgan fingerprint density at radius 2 is 2.00 bits per heavy atom. The number of carboxylic acids is 1. The third kappa shape index (κ3) is 9.48. The molecule has 0 aromatic rings. The van der Waals surface area contributed by atoms with Gasteiger partial charge >= 0.3 is 12.1 Å². The van der Waals surface area contributed by atoms with Gasteiger partial charge in [0.1, 0.15) is 0 Å². The number of halogens is 3. The second-order valence-electron chi connectivity index (χ2n) is 3.36. The van der Waals surface area contributed by atoms with Gasteiger partial charge in [0.05, 0.1) is 19.2 Å². The zero-order valence-electron chi connectivity index (χ0n) is 8.29. The second-order valence-corrected chi connectivity index (χ2v) is 3.36. The van der Waals surface area contributed by atoms with Gasteiger partial charge in [-0.05, 0) is 13.3 Å². The number of nitrogens with zero attached hydrogens (tertiary/aromatic N) is 1. The summed E-state index contributed by atoms with van der Waals surface area (Å²) in [6.45, 7) is -0.603. The molecule has 0 radical (unpaired) electrons. The van der Waals surface area contributed by atoms with Crippen molar-refractivity contribution in [3.63, 3.8) is 0 Å². The molecule has 0 aliphatic carbocycles. The smallest absolute Gasteiger partial charge is 0.401 e. The van der Waals surface area contributed by atoms with Gasteiger partial charge in [-0.2, -0.15) is 13.2 Å². The van der Waals surface area contributed by atoms with E-state index in [1.165, 1.54) is 6.92 Å². The van der Waals surface area contributed by atoms with Gasteiger partial charge in [0.2, 0.25) is 0 Å². The van der Waals surface area contributed by atoms with Crippen molar-refractivity contribution in [3.8, 4) is 0 Å². The van der Waals surface area contributed by atoms with Gasteiger partial charge < -0.3 is 10.2 Å². The van der Waals surface area contributed by atoms with Crippen molar-refractivity contribution in [1.29, 1.82) is 0 Å². The van der Waals surface area contributed by atoms with Crippen LogP contribution >= 0.6 is 0 Å². The molecule has 0 aliphatic heterocycles. The first-order valence-corrected chi connectivity index (χ1v) is 4.39. The number of carbonyl (C=O) groups is 1. The fourth-order valence-corrected chi connectivity index (χ4v) is 1.03. The molecule has 0 aromatic carbocycles. The summed E-state index contributed by atoms with van der Waals surface area (Å²) in [5.41, 5.74) is 0. The Balaban J connectivity index is 4.12. The number of hydrogen-bond acceptors (Lipinski definition) is 3. The number of carboxylic acid groups (broad SMARTS) is 1. The predicted octanol–water partition coefficient (Wildman–Crippen LogP) is 0.706. The monoisotopic (exact) mass is 229 g/mol. The highest BCUT2D eigenvalue weighted by Crippen LogP contribution is 2.16. The van der Waals surface area contributed by atoms with Crippen molar-refractivity contribution in [2.24, 2.45) is 0 Å². The van der Waals surface area contributed by atoms with E-state index in [9.17, 15) is 18.0 Å². The van der Waals surface area contributed by atoms with Gasteiger partial charge in [-0.3, -0.25) is 9.69 Å². The van der Waals surface area contributed by atoms with Crippen LogP contribution in [0.4, 0.5) is 13.2 Å². The predicted molar refractivity (Wildman–Crippen MR) is 46.4 cm³/mol. The Hall–Kier alpha value is -0.820. The Morgan fingerprint density at radius 1 is 1.47 bits per heavy atom. The molecular formula is C8H14F3NO3. The number of rotatable bonds is 6. The van der Waals surface area contributed by atoms with Crippen LogP contribution in [-0.4, -0.2) is 53.0 Å². The lowest BCUT2D eigenvalue weighted by Gasteiger charge is -2.22. The van der Waals surface area contributed by atoms with E-state index in [4.69, 9.17) is 10.2 Å². The van der Waals surface area contributed by atoms with Crippen LogP contribution in [0.1, 0.15) is 13.3 Å². The van der Waals surface area contributed by atoms with Crippen molar-refractivity contribution in [2.75, 3.05) is 19.6 Å². The van der Waals surface area contributed by atoms with Gasteiger partial charge in [-0.15, -0.1) is 0 Å². The first kappa shape index (κ1) is 14.2. The molecule has 0 spiro atoms. The normalized spacial score (nSPS) is 14.3. The van der Waals surface area contributed by atoms with Crippen molar-refractivity contribution in [1.82, 2.24) is 4.90 Å². The molecule has 0 bridgehead atoms. The summed E-state index contributed by atoms with van der Waals surface area (Å²) in [6.07, 6.45) is -5.05. The minimum Gasteiger partial charge on any atom is -0.480 e. The summed E-state index contributed by atoms with van der Waals surface area (Å²) in [5, 5.41) is 17.3. The molecule has 0 aliphatic rings. The quantitative estimate of drug-likeness (QED) is 0.704. The lowest BCUT2D eigenvalue weighted by atomic mass is 10.2. The van der Waals surface area contributed by atoms with E-state index in [1.54, 1.807) is 0 Å². The zero-order chi connectivity index (χ0) is 12.1. The molecule has 0 saturated carbocycles. The minimum atomic E-state index is -4.42. The first-order valence-electron chi connectivity index (χ1n) is 4.39. The molecule has 0 saturated heterocycles. The zero-order valence-corrected chi connectivity index (χ0v) is 8.29. The number of aliphatic carboxylic acids is 1. The molecular weight excluding hydrogens is 215 g/mol. The Morgan fingerprint density at radius 3 is 2.33 bits per heavy atom. The minimum absolute atomic E-state index is 0.0938. The summed E-state index contributed by atoms with van der Waals surface area (Å²) in [5.74, 6) is -1.31. The van der Waals surface area contributed by atoms with Gasteiger partial charge in [0.25, 0.3) is 0 Å². The molecule has 15 heavy (non-hydrogen) atoms. The molecule has 7 heteroatoms. The second kappa shape index (κ2) is 5.92. The van der Waals surface area contributed by atoms with Gasteiger partial charge in [0.15, 0.2) is 0 Å². The maximum Gasteiger partial charge on any atom is 0.401 e. The van der Waals surface area contributed by atoms with Crippen LogP contribution in [0.25, 0.3) is 0 Å². The molecule has 0 rings (SSSR count). The molecule has 0 heterocycles. The van der Waals surface area contributed by atoms with Crippen molar-refractivity contribution < 1.29 is 28.2 Å². The molecule has 0 amide bonds. The lowest BCUT2D eigenvalue weighted by Crippen LogP contribution is -2.39. The highest BCUT2D eigenvalue weighted by molar-refractivity contribution is 5.69. The third-order valence-electron chi connectivity index (χ3n) is 1.62. The molecule has 0 fully saturated rings. The Kier molecular flexibility index (Phi) is 5.59. The highest BCUT2D eigenvalue weighted by atomic mass is 19.4. The average Bonchev–Trinajstić information content (AvgIpc) is 1.95. The fraction of sp³-hybridized carbons (Fsp3) is 0.875. The fourth-order valence-electron chi connectivity index (χ4n) is 1.03. The van der Waals surface area contributed by atoms with Crippen LogP contribution < -0.4 is 0 Å². The number of alkyl halides is 3. The SMILES string of the molecule is CC(O)CCN(CC(=O)O)CC(F)(F)F. The Labute approximate surface area is 85.3 Å². The van der Waals surface area contributed by atoms with E-state index in [2.05, 4.69) is 0 Å². The van der Waals surface area contributed by atoms with Crippen LogP contribution in [0.15, 0.2) is 0 Å². The highest BCUT2D eigenvalue weighted by Gasteiger charge is 2.31. The van der Waals surface area contributed by atoms with Gasteiger partial charge in [0, 0.05) is 6.54 Å². The van der Waals surface area contributed by atoms with E-state index >= 15 is 0 Å². The summed E-state index contributed by atoms with van der Waals surface area (Å²) in [4.78, 5) is 11.0.